The number of pyridine rings is 2. The van der Waals surface area contributed by atoms with E-state index >= 15 is 0 Å². The highest BCUT2D eigenvalue weighted by Crippen LogP contribution is 2.40. The maximum Gasteiger partial charge on any atom is 0.343 e. The van der Waals surface area contributed by atoms with Crippen LogP contribution < -0.4 is 10.0 Å². The van der Waals surface area contributed by atoms with Crippen molar-refractivity contribution in [2.75, 3.05) is 12.8 Å². The maximum atomic E-state index is 14.8. The zero-order valence-electron chi connectivity index (χ0n) is 15.1. The summed E-state index contributed by atoms with van der Waals surface area (Å²) < 4.78 is 29.7. The van der Waals surface area contributed by atoms with Gasteiger partial charge in [-0.25, -0.2) is 0 Å². The van der Waals surface area contributed by atoms with Gasteiger partial charge in [0.25, 0.3) is 11.6 Å². The summed E-state index contributed by atoms with van der Waals surface area (Å²) in [5, 5.41) is 13.4. The van der Waals surface area contributed by atoms with Crippen LogP contribution in [0.1, 0.15) is 16.6 Å². The minimum absolute atomic E-state index is 0.0835. The molecule has 0 fully saturated rings. The number of thioether (sulfide) groups is 1. The van der Waals surface area contributed by atoms with E-state index in [-0.39, 0.29) is 9.90 Å². The Hall–Kier alpha value is -2.43. The Kier molecular flexibility index (Phi) is 6.25. The zero-order chi connectivity index (χ0) is 21.1. The molecule has 0 radical (unpaired) electrons. The molecule has 0 aromatic carbocycles. The van der Waals surface area contributed by atoms with E-state index in [0.29, 0.717) is 5.69 Å². The van der Waals surface area contributed by atoms with Crippen LogP contribution in [0.25, 0.3) is 0 Å². The molecule has 3 heterocycles. The van der Waals surface area contributed by atoms with Crippen molar-refractivity contribution < 1.29 is 18.3 Å². The van der Waals surface area contributed by atoms with Gasteiger partial charge in [0.15, 0.2) is 11.4 Å². The molecule has 0 bridgehead atoms. The van der Waals surface area contributed by atoms with Crippen molar-refractivity contribution in [2.45, 2.75) is 16.8 Å². The average Bonchev–Trinajstić information content (AvgIpc) is 2.70. The molecule has 2 aromatic rings. The lowest BCUT2D eigenvalue weighted by atomic mass is 10.00. The van der Waals surface area contributed by atoms with E-state index in [9.17, 15) is 18.8 Å². The van der Waals surface area contributed by atoms with Gasteiger partial charge in [-0.3, -0.25) is 20.1 Å². The maximum absolute atomic E-state index is 14.8. The Morgan fingerprint density at radius 1 is 1.34 bits per heavy atom. The third-order valence-corrected chi connectivity index (χ3v) is 5.50. The first-order valence-corrected chi connectivity index (χ1v) is 10.1. The monoisotopic (exact) mass is 439 g/mol. The normalized spacial score (nSPS) is 20.4. The topological polar surface area (TPSA) is 93.7 Å². The van der Waals surface area contributed by atoms with Gasteiger partial charge in [-0.05, 0) is 24.5 Å². The molecule has 29 heavy (non-hydrogen) atoms. The fourth-order valence-electron chi connectivity index (χ4n) is 2.90. The third-order valence-electron chi connectivity index (χ3n) is 4.26. The van der Waals surface area contributed by atoms with Crippen molar-refractivity contribution in [3.8, 4) is 0 Å². The Morgan fingerprint density at radius 2 is 2.10 bits per heavy atom. The van der Waals surface area contributed by atoms with E-state index in [1.807, 2.05) is 0 Å². The Morgan fingerprint density at radius 3 is 2.72 bits per heavy atom. The lowest BCUT2D eigenvalue weighted by Gasteiger charge is -2.36. The number of nitrogens with zero attached hydrogens (tertiary/aromatic N) is 4. The number of alkyl halides is 2. The highest BCUT2D eigenvalue weighted by molar-refractivity contribution is 7.98. The number of carbonyl (C=O) groups is 1. The number of nitrogens with one attached hydrogen (secondary N) is 1. The molecule has 0 spiro atoms. The van der Waals surface area contributed by atoms with Crippen LogP contribution >= 0.6 is 23.4 Å². The number of aromatic nitrogens is 2. The van der Waals surface area contributed by atoms with Crippen LogP contribution in [0.4, 0.5) is 8.78 Å². The molecular formula is C18H16ClF2N5O2S. The molecule has 7 nitrogen and oxygen atoms in total. The van der Waals surface area contributed by atoms with Gasteiger partial charge in [0.05, 0.1) is 23.7 Å². The second-order valence-corrected chi connectivity index (χ2v) is 7.43. The molecule has 2 unspecified atom stereocenters. The zero-order valence-corrected chi connectivity index (χ0v) is 16.7. The lowest BCUT2D eigenvalue weighted by Crippen LogP contribution is -2.58. The largest absolute Gasteiger partial charge is 0.618 e. The van der Waals surface area contributed by atoms with Crippen LogP contribution in [0.3, 0.4) is 0 Å². The minimum atomic E-state index is -3.58. The summed E-state index contributed by atoms with van der Waals surface area (Å²) in [7, 11) is 0. The number of aliphatic imine (C=N–C) groups is 2. The molecule has 1 aliphatic rings. The van der Waals surface area contributed by atoms with E-state index in [1.165, 1.54) is 30.1 Å². The average molecular weight is 440 g/mol. The minimum Gasteiger partial charge on any atom is -0.618 e. The first-order valence-electron chi connectivity index (χ1n) is 8.39. The van der Waals surface area contributed by atoms with Crippen LogP contribution in [0.2, 0.25) is 0 Å². The van der Waals surface area contributed by atoms with E-state index in [0.717, 1.165) is 18.5 Å². The second kappa shape index (κ2) is 8.52. The quantitative estimate of drug-likeness (QED) is 0.528. The summed E-state index contributed by atoms with van der Waals surface area (Å²) in [4.78, 5) is 24.9. The number of hydrogen-bond donors (Lipinski definition) is 1. The fraction of sp³-hybridized carbons (Fsp3) is 0.278. The summed E-state index contributed by atoms with van der Waals surface area (Å²) in [6.45, 7) is -1.03. The molecule has 0 saturated carbocycles. The Labute approximate surface area is 174 Å². The van der Waals surface area contributed by atoms with Gasteiger partial charge in [-0.2, -0.15) is 30.3 Å². The Bertz CT molecular complexity index is 960. The molecule has 0 aliphatic carbocycles. The number of hydrogen-bond acceptors (Lipinski definition) is 6. The van der Waals surface area contributed by atoms with Crippen molar-refractivity contribution in [1.29, 1.82) is 0 Å². The summed E-state index contributed by atoms with van der Waals surface area (Å²) in [5.41, 5.74) is -2.17. The summed E-state index contributed by atoms with van der Waals surface area (Å²) in [6.07, 6.45) is 5.34. The van der Waals surface area contributed by atoms with Crippen molar-refractivity contribution in [1.82, 2.24) is 10.3 Å². The van der Waals surface area contributed by atoms with Crippen LogP contribution in [0.5, 0.6) is 0 Å². The smallest absolute Gasteiger partial charge is 0.343 e. The van der Waals surface area contributed by atoms with Gasteiger partial charge in [-0.1, -0.05) is 17.7 Å². The number of amides is 1. The predicted octanol–water partition coefficient (Wildman–Crippen LogP) is 2.45. The SMILES string of the molecule is CSC(c1ccccn1)C1(NCC(F)(F)c2cccc[n+]2[O-])N=CC(Cl)=NC1=O. The molecule has 11 heteroatoms. The van der Waals surface area contributed by atoms with Crippen molar-refractivity contribution in [3.63, 3.8) is 0 Å². The van der Waals surface area contributed by atoms with Crippen LogP contribution in [-0.4, -0.2) is 40.7 Å². The highest BCUT2D eigenvalue weighted by atomic mass is 35.5. The van der Waals surface area contributed by atoms with Crippen LogP contribution in [0, 0.1) is 5.21 Å². The first-order chi connectivity index (χ1) is 13.8. The van der Waals surface area contributed by atoms with Gasteiger partial charge in [0.1, 0.15) is 0 Å². The molecule has 0 saturated heterocycles. The Balaban J connectivity index is 1.98. The predicted molar refractivity (Wildman–Crippen MR) is 107 cm³/mol. The van der Waals surface area contributed by atoms with E-state index in [4.69, 9.17) is 11.6 Å². The van der Waals surface area contributed by atoms with E-state index < -0.39 is 35.0 Å². The van der Waals surface area contributed by atoms with Crippen LogP contribution in [-0.2, 0) is 10.7 Å². The summed E-state index contributed by atoms with van der Waals surface area (Å²) >= 11 is 6.98. The third kappa shape index (κ3) is 4.29. The summed E-state index contributed by atoms with van der Waals surface area (Å²) in [5.74, 6) is -4.40. The molecule has 1 N–H and O–H groups in total. The van der Waals surface area contributed by atoms with Crippen molar-refractivity contribution in [2.24, 2.45) is 9.98 Å². The molecular weight excluding hydrogens is 424 g/mol. The van der Waals surface area contributed by atoms with Crippen LogP contribution in [0.15, 0.2) is 58.8 Å². The fourth-order valence-corrected chi connectivity index (χ4v) is 3.99. The van der Waals surface area contributed by atoms with Crippen molar-refractivity contribution >= 4 is 40.7 Å². The van der Waals surface area contributed by atoms with Gasteiger partial charge < -0.3 is 5.21 Å². The molecule has 1 aliphatic heterocycles. The standard InChI is InChI=1S/C18H16ClF2N5O2S/c1-29-15(12-6-2-4-8-22-12)18(16(27)25-14(19)10-23-18)24-11-17(20,21)13-7-3-5-9-26(13)28/h2-10,15,24H,11H2,1H3. The van der Waals surface area contributed by atoms with Gasteiger partial charge >= 0.3 is 5.92 Å². The first kappa shape index (κ1) is 21.3. The molecule has 1 amide bonds. The molecule has 152 valence electrons. The summed E-state index contributed by atoms with van der Waals surface area (Å²) in [6, 6.07) is 8.77. The molecule has 2 aromatic heterocycles. The van der Waals surface area contributed by atoms with Crippen molar-refractivity contribution in [3.05, 3.63) is 65.4 Å². The van der Waals surface area contributed by atoms with Gasteiger partial charge in [-0.15, -0.1) is 0 Å². The lowest BCUT2D eigenvalue weighted by molar-refractivity contribution is -0.624. The highest BCUT2D eigenvalue weighted by Gasteiger charge is 2.51. The number of carbonyl (C=O) groups excluding carboxylic acids is 1. The van der Waals surface area contributed by atoms with Gasteiger partial charge in [0, 0.05) is 18.3 Å². The molecule has 2 atom stereocenters. The van der Waals surface area contributed by atoms with E-state index in [2.05, 4.69) is 20.3 Å². The molecule has 3 rings (SSSR count). The van der Waals surface area contributed by atoms with E-state index in [1.54, 1.807) is 24.5 Å². The van der Waals surface area contributed by atoms with Gasteiger partial charge in [0.2, 0.25) is 5.66 Å². The number of halogens is 3. The second-order valence-electron chi connectivity index (χ2n) is 6.10. The number of rotatable bonds is 7.